The molecule has 3 aliphatic heterocycles. The van der Waals surface area contributed by atoms with Crippen molar-refractivity contribution in [2.75, 3.05) is 31.2 Å². The number of aromatic nitrogens is 2. The molecule has 9 nitrogen and oxygen atoms in total. The van der Waals surface area contributed by atoms with Gasteiger partial charge in [0.25, 0.3) is 0 Å². The number of benzene rings is 2. The number of nitrogens with zero attached hydrogens (tertiary/aromatic N) is 3. The molecule has 7 rings (SSSR count). The summed E-state index contributed by atoms with van der Waals surface area (Å²) in [7, 11) is 0. The molecule has 3 aliphatic rings. The van der Waals surface area contributed by atoms with Crippen molar-refractivity contribution in [2.45, 2.75) is 43.4 Å². The minimum absolute atomic E-state index is 0.202. The van der Waals surface area contributed by atoms with Gasteiger partial charge < -0.3 is 33.9 Å². The van der Waals surface area contributed by atoms with E-state index in [1.807, 2.05) is 42.5 Å². The summed E-state index contributed by atoms with van der Waals surface area (Å²) < 4.78 is 23.6. The van der Waals surface area contributed by atoms with Crippen LogP contribution < -0.4 is 14.4 Å². The molecule has 0 aliphatic carbocycles. The average Bonchev–Trinajstić information content (AvgIpc) is 3.68. The molecule has 2 aromatic heterocycles. The van der Waals surface area contributed by atoms with E-state index in [-0.39, 0.29) is 30.8 Å². The normalized spacial score (nSPS) is 24.4. The van der Waals surface area contributed by atoms with Crippen molar-refractivity contribution in [3.8, 4) is 29.0 Å². The SMILES string of the molecule is N#Cc1c(O[C@@H]2COC3C2OC[C@H]3O)[nH]c2cc(Cl)c(-c3ccc(N4CCC(Oc5ccccc5)CC4)cc3)nc12. The molecule has 2 N–H and O–H groups in total. The van der Waals surface area contributed by atoms with Gasteiger partial charge in [0, 0.05) is 37.2 Å². The second kappa shape index (κ2) is 10.9. The number of anilines is 1. The zero-order valence-electron chi connectivity index (χ0n) is 22.2. The second-order valence-electron chi connectivity index (χ2n) is 10.6. The number of aliphatic hydroxyl groups excluding tert-OH is 1. The summed E-state index contributed by atoms with van der Waals surface area (Å²) in [6.07, 6.45) is 0.179. The van der Waals surface area contributed by atoms with Crippen LogP contribution >= 0.6 is 11.6 Å². The molecular weight excluding hydrogens is 544 g/mol. The summed E-state index contributed by atoms with van der Waals surface area (Å²) >= 11 is 6.67. The number of H-pyrrole nitrogens is 1. The van der Waals surface area contributed by atoms with E-state index in [0.29, 0.717) is 21.7 Å². The Kier molecular flexibility index (Phi) is 6.93. The predicted octanol–water partition coefficient (Wildman–Crippen LogP) is 4.71. The molecule has 3 fully saturated rings. The van der Waals surface area contributed by atoms with Crippen LogP contribution in [0.25, 0.3) is 22.3 Å². The number of hydrogen-bond donors (Lipinski definition) is 2. The molecule has 0 amide bonds. The van der Waals surface area contributed by atoms with Crippen LogP contribution in [0.1, 0.15) is 18.4 Å². The maximum atomic E-state index is 10.0. The molecular formula is C31H29ClN4O5. The summed E-state index contributed by atoms with van der Waals surface area (Å²) in [6, 6.07) is 22.1. The topological polar surface area (TPSA) is 113 Å². The highest BCUT2D eigenvalue weighted by Crippen LogP contribution is 2.36. The third-order valence-electron chi connectivity index (χ3n) is 8.04. The fourth-order valence-electron chi connectivity index (χ4n) is 5.91. The molecule has 0 spiro atoms. The number of pyridine rings is 1. The van der Waals surface area contributed by atoms with Crippen molar-refractivity contribution in [1.29, 1.82) is 5.26 Å². The van der Waals surface area contributed by atoms with Crippen LogP contribution in [0.15, 0.2) is 60.7 Å². The van der Waals surface area contributed by atoms with Gasteiger partial charge in [0.05, 0.1) is 29.4 Å². The second-order valence-corrected chi connectivity index (χ2v) is 11.0. The number of nitriles is 1. The van der Waals surface area contributed by atoms with Crippen molar-refractivity contribution >= 4 is 28.3 Å². The quantitative estimate of drug-likeness (QED) is 0.342. The third kappa shape index (κ3) is 4.98. The van der Waals surface area contributed by atoms with E-state index in [9.17, 15) is 10.4 Å². The summed E-state index contributed by atoms with van der Waals surface area (Å²) in [6.45, 7) is 2.29. The predicted molar refractivity (Wildman–Crippen MR) is 153 cm³/mol. The number of ether oxygens (including phenoxy) is 4. The molecule has 3 saturated heterocycles. The number of nitrogens with one attached hydrogen (secondary N) is 1. The molecule has 0 radical (unpaired) electrons. The molecule has 10 heteroatoms. The minimum atomic E-state index is -0.679. The molecule has 4 atom stereocenters. The zero-order valence-corrected chi connectivity index (χ0v) is 23.0. The van der Waals surface area contributed by atoms with Crippen LogP contribution in [0, 0.1) is 11.3 Å². The Morgan fingerprint density at radius 2 is 1.76 bits per heavy atom. The van der Waals surface area contributed by atoms with E-state index in [1.165, 1.54) is 0 Å². The molecule has 2 unspecified atom stereocenters. The van der Waals surface area contributed by atoms with Crippen LogP contribution in [0.2, 0.25) is 5.02 Å². The number of hydrogen-bond acceptors (Lipinski definition) is 8. The first-order valence-electron chi connectivity index (χ1n) is 13.8. The van der Waals surface area contributed by atoms with Crippen molar-refractivity contribution in [2.24, 2.45) is 0 Å². The number of para-hydroxylation sites is 1. The number of fused-ring (bicyclic) bond motifs is 2. The van der Waals surface area contributed by atoms with Crippen molar-refractivity contribution < 1.29 is 24.1 Å². The van der Waals surface area contributed by atoms with Gasteiger partial charge in [0.1, 0.15) is 47.3 Å². The Balaban J connectivity index is 1.07. The summed E-state index contributed by atoms with van der Waals surface area (Å²) in [5, 5.41) is 20.5. The van der Waals surface area contributed by atoms with Gasteiger partial charge in [-0.2, -0.15) is 5.26 Å². The fraction of sp³-hybridized carbons (Fsp3) is 0.355. The van der Waals surface area contributed by atoms with Crippen LogP contribution in [0.3, 0.4) is 0 Å². The molecule has 0 bridgehead atoms. The molecule has 5 heterocycles. The van der Waals surface area contributed by atoms with Gasteiger partial charge in [-0.1, -0.05) is 41.9 Å². The van der Waals surface area contributed by atoms with E-state index in [2.05, 4.69) is 28.1 Å². The van der Waals surface area contributed by atoms with E-state index in [1.54, 1.807) is 6.07 Å². The highest BCUT2D eigenvalue weighted by Gasteiger charge is 2.48. The lowest BCUT2D eigenvalue weighted by Gasteiger charge is -2.33. The lowest BCUT2D eigenvalue weighted by atomic mass is 10.1. The van der Waals surface area contributed by atoms with E-state index in [4.69, 9.17) is 35.5 Å². The van der Waals surface area contributed by atoms with Gasteiger partial charge in [-0.3, -0.25) is 0 Å². The highest BCUT2D eigenvalue weighted by atomic mass is 35.5. The summed E-state index contributed by atoms with van der Waals surface area (Å²) in [5.41, 5.74) is 3.96. The maximum Gasteiger partial charge on any atom is 0.212 e. The van der Waals surface area contributed by atoms with E-state index >= 15 is 0 Å². The van der Waals surface area contributed by atoms with Gasteiger partial charge in [0.15, 0.2) is 6.10 Å². The first kappa shape index (κ1) is 26.1. The minimum Gasteiger partial charge on any atom is -0.490 e. The van der Waals surface area contributed by atoms with Crippen molar-refractivity contribution in [3.63, 3.8) is 0 Å². The van der Waals surface area contributed by atoms with E-state index in [0.717, 1.165) is 42.9 Å². The fourth-order valence-corrected chi connectivity index (χ4v) is 6.17. The van der Waals surface area contributed by atoms with Gasteiger partial charge in [-0.15, -0.1) is 0 Å². The average molecular weight is 573 g/mol. The lowest BCUT2D eigenvalue weighted by molar-refractivity contribution is 0.00789. The standard InChI is InChI=1S/C31H29ClN4O5/c32-23-14-24-28(22(15-33)31(34-24)41-26-17-39-29-25(37)16-38-30(26)29)35-27(23)18-6-8-19(9-7-18)36-12-10-21(11-13-36)40-20-4-2-1-3-5-20/h1-9,14,21,25-26,29-30,34,37H,10-13,16-17H2/t25-,26-,29?,30?/m1/s1. The summed E-state index contributed by atoms with van der Waals surface area (Å²) in [4.78, 5) is 10.3. The van der Waals surface area contributed by atoms with Gasteiger partial charge >= 0.3 is 0 Å². The Hall–Kier alpha value is -3.81. The van der Waals surface area contributed by atoms with Gasteiger partial charge in [-0.05, 0) is 30.3 Å². The molecule has 4 aromatic rings. The zero-order chi connectivity index (χ0) is 27.9. The van der Waals surface area contributed by atoms with Crippen LogP contribution in [-0.4, -0.2) is 71.9 Å². The Bertz CT molecular complexity index is 1580. The largest absolute Gasteiger partial charge is 0.490 e. The third-order valence-corrected chi connectivity index (χ3v) is 8.33. The van der Waals surface area contributed by atoms with Crippen LogP contribution in [-0.2, 0) is 9.47 Å². The van der Waals surface area contributed by atoms with Gasteiger partial charge in [0.2, 0.25) is 5.88 Å². The van der Waals surface area contributed by atoms with Crippen LogP contribution in [0.4, 0.5) is 5.69 Å². The lowest BCUT2D eigenvalue weighted by Crippen LogP contribution is -2.38. The molecule has 210 valence electrons. The number of rotatable bonds is 6. The first-order chi connectivity index (χ1) is 20.1. The number of aliphatic hydroxyl groups is 1. The molecule has 0 saturated carbocycles. The number of piperidine rings is 1. The molecule has 41 heavy (non-hydrogen) atoms. The first-order valence-corrected chi connectivity index (χ1v) is 14.2. The number of aromatic amines is 1. The maximum absolute atomic E-state index is 10.0. The van der Waals surface area contributed by atoms with Gasteiger partial charge in [-0.25, -0.2) is 4.98 Å². The van der Waals surface area contributed by atoms with E-state index < -0.39 is 24.4 Å². The monoisotopic (exact) mass is 572 g/mol. The summed E-state index contributed by atoms with van der Waals surface area (Å²) in [5.74, 6) is 1.21. The Morgan fingerprint density at radius 3 is 2.51 bits per heavy atom. The van der Waals surface area contributed by atoms with Crippen LogP contribution in [0.5, 0.6) is 11.6 Å². The van der Waals surface area contributed by atoms with Crippen molar-refractivity contribution in [1.82, 2.24) is 9.97 Å². The number of halogens is 1. The molecule has 2 aromatic carbocycles. The highest BCUT2D eigenvalue weighted by molar-refractivity contribution is 6.33. The van der Waals surface area contributed by atoms with Crippen molar-refractivity contribution in [3.05, 3.63) is 71.2 Å². The smallest absolute Gasteiger partial charge is 0.212 e. The Labute approximate surface area is 242 Å². The Morgan fingerprint density at radius 1 is 1.00 bits per heavy atom.